The quantitative estimate of drug-likeness (QED) is 0.794. The number of rotatable bonds is 4. The van der Waals surface area contributed by atoms with Crippen molar-refractivity contribution >= 4 is 27.5 Å². The highest BCUT2D eigenvalue weighted by Crippen LogP contribution is 2.24. The number of thiazole rings is 1. The average molecular weight is 339 g/mol. The fourth-order valence-electron chi connectivity index (χ4n) is 3.09. The van der Waals surface area contributed by atoms with Crippen LogP contribution in [0.2, 0.25) is 0 Å². The van der Waals surface area contributed by atoms with E-state index >= 15 is 0 Å². The zero-order valence-corrected chi connectivity index (χ0v) is 13.8. The summed E-state index contributed by atoms with van der Waals surface area (Å²) in [6, 6.07) is 9.69. The summed E-state index contributed by atoms with van der Waals surface area (Å²) in [4.78, 5) is 21.0. The van der Waals surface area contributed by atoms with E-state index in [-0.39, 0.29) is 17.9 Å². The maximum Gasteiger partial charge on any atom is 0.253 e. The first-order chi connectivity index (χ1) is 11.8. The van der Waals surface area contributed by atoms with Gasteiger partial charge >= 0.3 is 0 Å². The van der Waals surface area contributed by atoms with E-state index in [1.54, 1.807) is 17.9 Å². The lowest BCUT2D eigenvalue weighted by Gasteiger charge is -2.19. The predicted molar refractivity (Wildman–Crippen MR) is 93.1 cm³/mol. The van der Waals surface area contributed by atoms with Crippen molar-refractivity contribution in [1.82, 2.24) is 15.3 Å². The Morgan fingerprint density at radius 1 is 1.25 bits per heavy atom. The van der Waals surface area contributed by atoms with Crippen LogP contribution in [-0.2, 0) is 11.2 Å². The Morgan fingerprint density at radius 2 is 2.12 bits per heavy atom. The molecule has 122 valence electrons. The monoisotopic (exact) mass is 339 g/mol. The van der Waals surface area contributed by atoms with E-state index < -0.39 is 0 Å². The highest BCUT2D eigenvalue weighted by Gasteiger charge is 2.30. The smallest absolute Gasteiger partial charge is 0.253 e. The molecule has 5 nitrogen and oxygen atoms in total. The molecule has 24 heavy (non-hydrogen) atoms. The summed E-state index contributed by atoms with van der Waals surface area (Å²) in [6.07, 6.45) is 4.46. The van der Waals surface area contributed by atoms with Crippen LogP contribution in [0.3, 0.4) is 0 Å². The van der Waals surface area contributed by atoms with E-state index in [1.807, 2.05) is 30.3 Å². The molecule has 1 fully saturated rings. The van der Waals surface area contributed by atoms with Crippen molar-refractivity contribution < 1.29 is 9.53 Å². The number of nitrogens with one attached hydrogen (secondary N) is 1. The molecule has 0 unspecified atom stereocenters. The van der Waals surface area contributed by atoms with Gasteiger partial charge in [0.25, 0.3) is 5.91 Å². The van der Waals surface area contributed by atoms with Gasteiger partial charge in [-0.1, -0.05) is 6.07 Å². The second-order valence-corrected chi connectivity index (χ2v) is 6.80. The summed E-state index contributed by atoms with van der Waals surface area (Å²) in [6.45, 7) is 1.22. The van der Waals surface area contributed by atoms with Crippen LogP contribution < -0.4 is 5.32 Å². The molecule has 1 saturated heterocycles. The number of carbonyl (C=O) groups excluding carboxylic acids is 1. The van der Waals surface area contributed by atoms with E-state index in [0.29, 0.717) is 18.8 Å². The molecule has 0 spiro atoms. The first-order valence-electron chi connectivity index (χ1n) is 7.91. The van der Waals surface area contributed by atoms with Crippen molar-refractivity contribution in [3.05, 3.63) is 59.4 Å². The molecule has 3 heterocycles. The third-order valence-corrected chi connectivity index (χ3v) is 5.24. The van der Waals surface area contributed by atoms with Crippen molar-refractivity contribution in [1.29, 1.82) is 0 Å². The van der Waals surface area contributed by atoms with Crippen molar-refractivity contribution in [3.63, 3.8) is 0 Å². The lowest BCUT2D eigenvalue weighted by Crippen LogP contribution is -2.40. The number of hydrogen-bond donors (Lipinski definition) is 1. The van der Waals surface area contributed by atoms with Gasteiger partial charge in [-0.05, 0) is 36.2 Å². The van der Waals surface area contributed by atoms with Crippen LogP contribution in [0.25, 0.3) is 10.2 Å². The minimum atomic E-state index is -0.0555. The summed E-state index contributed by atoms with van der Waals surface area (Å²) in [5.41, 5.74) is 4.53. The Bertz CT molecular complexity index is 850. The second-order valence-electron chi connectivity index (χ2n) is 5.94. The van der Waals surface area contributed by atoms with E-state index in [9.17, 15) is 4.79 Å². The molecule has 2 atom stereocenters. The third kappa shape index (κ3) is 3.02. The molecule has 1 N–H and O–H groups in total. The molecule has 4 rings (SSSR count). The number of pyridine rings is 1. The zero-order valence-electron chi connectivity index (χ0n) is 13.0. The Balaban J connectivity index is 1.49. The number of fused-ring (bicyclic) bond motifs is 1. The standard InChI is InChI=1S/C18H17N3O2S/c22-18(14-2-1-3-15-17(14)24-11-20-15)21-16-10-23-9-13(16)8-12-4-6-19-7-5-12/h1-7,11,13,16H,8-10H2,(H,21,22)/t13-,16+/m1/s1. The molecule has 0 aliphatic carbocycles. The van der Waals surface area contributed by atoms with Crippen molar-refractivity contribution in [2.24, 2.45) is 5.92 Å². The first-order valence-corrected chi connectivity index (χ1v) is 8.79. The highest BCUT2D eigenvalue weighted by atomic mass is 32.1. The van der Waals surface area contributed by atoms with Crippen molar-refractivity contribution in [2.75, 3.05) is 13.2 Å². The molecule has 3 aromatic rings. The third-order valence-electron chi connectivity index (χ3n) is 4.36. The molecule has 0 bridgehead atoms. The number of benzene rings is 1. The Labute approximate surface area is 143 Å². The largest absolute Gasteiger partial charge is 0.379 e. The van der Waals surface area contributed by atoms with Gasteiger partial charge in [0.15, 0.2) is 0 Å². The molecule has 1 aliphatic heterocycles. The molecule has 6 heteroatoms. The molecule has 1 amide bonds. The van der Waals surface area contributed by atoms with E-state index in [2.05, 4.69) is 15.3 Å². The SMILES string of the molecule is O=C(N[C@H]1COC[C@H]1Cc1ccncc1)c1cccc2ncsc12. The van der Waals surface area contributed by atoms with Crippen LogP contribution in [0.4, 0.5) is 0 Å². The van der Waals surface area contributed by atoms with Crippen molar-refractivity contribution in [3.8, 4) is 0 Å². The van der Waals surface area contributed by atoms with Gasteiger partial charge in [0.2, 0.25) is 0 Å². The highest BCUT2D eigenvalue weighted by molar-refractivity contribution is 7.17. The fraction of sp³-hybridized carbons (Fsp3) is 0.278. The molecule has 0 radical (unpaired) electrons. The molecule has 2 aromatic heterocycles. The normalized spacial score (nSPS) is 20.3. The minimum absolute atomic E-state index is 0.0221. The van der Waals surface area contributed by atoms with Crippen molar-refractivity contribution in [2.45, 2.75) is 12.5 Å². The van der Waals surface area contributed by atoms with Crippen LogP contribution in [0.1, 0.15) is 15.9 Å². The molecule has 0 saturated carbocycles. The predicted octanol–water partition coefficient (Wildman–Crippen LogP) is 2.68. The van der Waals surface area contributed by atoms with Crippen LogP contribution in [0.15, 0.2) is 48.2 Å². The number of hydrogen-bond acceptors (Lipinski definition) is 5. The molecule has 1 aliphatic rings. The zero-order chi connectivity index (χ0) is 16.4. The van der Waals surface area contributed by atoms with E-state index in [0.717, 1.165) is 16.6 Å². The number of nitrogens with zero attached hydrogens (tertiary/aromatic N) is 2. The molecular formula is C18H17N3O2S. The molecule has 1 aromatic carbocycles. The van der Waals surface area contributed by atoms with Crippen LogP contribution in [0, 0.1) is 5.92 Å². The van der Waals surface area contributed by atoms with Gasteiger partial charge in [0.1, 0.15) is 0 Å². The van der Waals surface area contributed by atoms with Crippen LogP contribution >= 0.6 is 11.3 Å². The molecular weight excluding hydrogens is 322 g/mol. The van der Waals surface area contributed by atoms with E-state index in [1.165, 1.54) is 16.9 Å². The van der Waals surface area contributed by atoms with Gasteiger partial charge < -0.3 is 10.1 Å². The van der Waals surface area contributed by atoms with Crippen LogP contribution in [-0.4, -0.2) is 35.1 Å². The van der Waals surface area contributed by atoms with Gasteiger partial charge in [-0.2, -0.15) is 0 Å². The minimum Gasteiger partial charge on any atom is -0.379 e. The Hall–Kier alpha value is -2.31. The van der Waals surface area contributed by atoms with Gasteiger partial charge in [-0.25, -0.2) is 4.98 Å². The van der Waals surface area contributed by atoms with Gasteiger partial charge in [0.05, 0.1) is 40.5 Å². The summed E-state index contributed by atoms with van der Waals surface area (Å²) in [5, 5.41) is 3.15. The number of ether oxygens (including phenoxy) is 1. The maximum atomic E-state index is 12.7. The Morgan fingerprint density at radius 3 is 3.00 bits per heavy atom. The lowest BCUT2D eigenvalue weighted by molar-refractivity contribution is 0.0927. The summed E-state index contributed by atoms with van der Waals surface area (Å²) >= 11 is 1.49. The summed E-state index contributed by atoms with van der Waals surface area (Å²) in [5.74, 6) is 0.220. The summed E-state index contributed by atoms with van der Waals surface area (Å²) < 4.78 is 6.54. The number of carbonyl (C=O) groups is 1. The lowest BCUT2D eigenvalue weighted by atomic mass is 9.95. The number of amides is 1. The van der Waals surface area contributed by atoms with E-state index in [4.69, 9.17) is 4.74 Å². The maximum absolute atomic E-state index is 12.7. The average Bonchev–Trinajstić information content (AvgIpc) is 3.25. The summed E-state index contributed by atoms with van der Waals surface area (Å²) in [7, 11) is 0. The topological polar surface area (TPSA) is 64.1 Å². The van der Waals surface area contributed by atoms with Gasteiger partial charge in [0, 0.05) is 18.3 Å². The first kappa shape index (κ1) is 15.2. The van der Waals surface area contributed by atoms with Crippen LogP contribution in [0.5, 0.6) is 0 Å². The Kier molecular flexibility index (Phi) is 4.23. The van der Waals surface area contributed by atoms with Gasteiger partial charge in [-0.15, -0.1) is 11.3 Å². The number of aromatic nitrogens is 2. The second kappa shape index (κ2) is 6.67. The van der Waals surface area contributed by atoms with Gasteiger partial charge in [-0.3, -0.25) is 9.78 Å². The fourth-order valence-corrected chi connectivity index (χ4v) is 3.89.